The van der Waals surface area contributed by atoms with Gasteiger partial charge in [0.25, 0.3) is 0 Å². The summed E-state index contributed by atoms with van der Waals surface area (Å²) in [6.45, 7) is 5.77. The van der Waals surface area contributed by atoms with E-state index in [-0.39, 0.29) is 24.8 Å². The largest absolute Gasteiger partial charge is 0.354 e. The molecule has 0 unspecified atom stereocenters. The van der Waals surface area contributed by atoms with Crippen molar-refractivity contribution in [3.63, 3.8) is 0 Å². The van der Waals surface area contributed by atoms with Crippen LogP contribution in [-0.4, -0.2) is 50.5 Å². The number of carbonyl (C=O) groups excluding carboxylic acids is 2. The molecule has 1 atom stereocenters. The lowest BCUT2D eigenvalue weighted by Gasteiger charge is -2.34. The van der Waals surface area contributed by atoms with E-state index in [1.54, 1.807) is 25.1 Å². The maximum atomic E-state index is 14.1. The molecule has 7 nitrogen and oxygen atoms in total. The van der Waals surface area contributed by atoms with Crippen LogP contribution in [0.1, 0.15) is 30.5 Å². The van der Waals surface area contributed by atoms with E-state index in [4.69, 9.17) is 11.6 Å². The first-order valence-electron chi connectivity index (χ1n) is 12.9. The number of hydrogen-bond acceptors (Lipinski definition) is 4. The Balaban J connectivity index is 2.07. The van der Waals surface area contributed by atoms with Crippen LogP contribution in [-0.2, 0) is 32.6 Å². The minimum Gasteiger partial charge on any atom is -0.354 e. The molecule has 3 aromatic carbocycles. The zero-order valence-corrected chi connectivity index (χ0v) is 26.3. The molecule has 1 N–H and O–H groups in total. The average Bonchev–Trinajstić information content (AvgIpc) is 2.90. The Bertz CT molecular complexity index is 1420. The van der Waals surface area contributed by atoms with Crippen molar-refractivity contribution in [1.82, 2.24) is 10.2 Å². The van der Waals surface area contributed by atoms with Crippen molar-refractivity contribution in [2.45, 2.75) is 39.8 Å². The molecule has 10 heteroatoms. The highest BCUT2D eigenvalue weighted by Crippen LogP contribution is 2.28. The van der Waals surface area contributed by atoms with Gasteiger partial charge in [-0.25, -0.2) is 8.42 Å². The number of hydrogen-bond donors (Lipinski definition) is 1. The molecule has 0 fully saturated rings. The van der Waals surface area contributed by atoms with Gasteiger partial charge in [-0.05, 0) is 53.8 Å². The maximum Gasteiger partial charge on any atom is 0.244 e. The lowest BCUT2D eigenvalue weighted by Crippen LogP contribution is -2.53. The predicted molar refractivity (Wildman–Crippen MR) is 165 cm³/mol. The highest BCUT2D eigenvalue weighted by molar-refractivity contribution is 9.10. The normalized spacial score (nSPS) is 12.2. The molecular weight excluding hydrogens is 614 g/mol. The number of benzene rings is 3. The lowest BCUT2D eigenvalue weighted by molar-refractivity contribution is -0.140. The number of sulfonamides is 1. The molecule has 0 bridgehead atoms. The third kappa shape index (κ3) is 8.81. The van der Waals surface area contributed by atoms with Crippen LogP contribution in [0.15, 0.2) is 77.3 Å². The molecular formula is C30H35BrClN3O4S. The molecule has 0 aliphatic carbocycles. The van der Waals surface area contributed by atoms with Gasteiger partial charge in [0.1, 0.15) is 12.6 Å². The summed E-state index contributed by atoms with van der Waals surface area (Å²) in [5.41, 5.74) is 2.54. The molecule has 0 saturated carbocycles. The van der Waals surface area contributed by atoms with Crippen LogP contribution in [0.25, 0.3) is 0 Å². The van der Waals surface area contributed by atoms with Crippen LogP contribution in [0, 0.1) is 12.8 Å². The Hall–Kier alpha value is -2.88. The van der Waals surface area contributed by atoms with Crippen molar-refractivity contribution in [2.24, 2.45) is 5.92 Å². The second kappa shape index (κ2) is 14.1. The Labute approximate surface area is 250 Å². The van der Waals surface area contributed by atoms with Gasteiger partial charge in [-0.3, -0.25) is 13.9 Å². The van der Waals surface area contributed by atoms with E-state index in [9.17, 15) is 18.0 Å². The van der Waals surface area contributed by atoms with Crippen LogP contribution < -0.4 is 9.62 Å². The Morgan fingerprint density at radius 3 is 2.20 bits per heavy atom. The molecule has 40 heavy (non-hydrogen) atoms. The van der Waals surface area contributed by atoms with Crippen molar-refractivity contribution in [1.29, 1.82) is 0 Å². The van der Waals surface area contributed by atoms with E-state index in [0.717, 1.165) is 26.2 Å². The Kier molecular flexibility index (Phi) is 11.2. The first kappa shape index (κ1) is 31.6. The highest BCUT2D eigenvalue weighted by atomic mass is 79.9. The molecule has 214 valence electrons. The molecule has 0 spiro atoms. The molecule has 0 aromatic heterocycles. The van der Waals surface area contributed by atoms with Gasteiger partial charge in [0.2, 0.25) is 21.8 Å². The zero-order valence-electron chi connectivity index (χ0n) is 23.1. The summed E-state index contributed by atoms with van der Waals surface area (Å²) in [5.74, 6) is -0.593. The summed E-state index contributed by atoms with van der Waals surface area (Å²) in [6, 6.07) is 21.0. The molecule has 3 aromatic rings. The van der Waals surface area contributed by atoms with Gasteiger partial charge in [-0.1, -0.05) is 89.9 Å². The van der Waals surface area contributed by atoms with E-state index in [1.165, 1.54) is 4.90 Å². The number of nitrogens with one attached hydrogen (secondary N) is 1. The first-order valence-corrected chi connectivity index (χ1v) is 16.0. The third-order valence-corrected chi connectivity index (χ3v) is 8.47. The van der Waals surface area contributed by atoms with E-state index in [0.29, 0.717) is 22.8 Å². The number of halogens is 2. The van der Waals surface area contributed by atoms with Crippen LogP contribution in [0.5, 0.6) is 0 Å². The summed E-state index contributed by atoms with van der Waals surface area (Å²) >= 11 is 9.73. The van der Waals surface area contributed by atoms with E-state index in [2.05, 4.69) is 21.2 Å². The molecule has 0 heterocycles. The average molecular weight is 649 g/mol. The van der Waals surface area contributed by atoms with Crippen molar-refractivity contribution in [3.05, 3.63) is 99.0 Å². The lowest BCUT2D eigenvalue weighted by atomic mass is 10.0. The van der Waals surface area contributed by atoms with Crippen molar-refractivity contribution in [3.8, 4) is 0 Å². The second-order valence-corrected chi connectivity index (χ2v) is 13.4. The monoisotopic (exact) mass is 647 g/mol. The number of carbonyl (C=O) groups is 2. The minimum atomic E-state index is -3.87. The number of rotatable bonds is 12. The molecule has 0 saturated heterocycles. The van der Waals surface area contributed by atoms with Gasteiger partial charge >= 0.3 is 0 Å². The summed E-state index contributed by atoms with van der Waals surface area (Å²) in [5, 5.41) is 3.36. The van der Waals surface area contributed by atoms with Gasteiger partial charge in [0.15, 0.2) is 0 Å². The van der Waals surface area contributed by atoms with Crippen LogP contribution in [0.2, 0.25) is 5.02 Å². The van der Waals surface area contributed by atoms with Crippen molar-refractivity contribution >= 4 is 55.1 Å². The summed E-state index contributed by atoms with van der Waals surface area (Å²) in [4.78, 5) is 29.2. The third-order valence-electron chi connectivity index (χ3n) is 6.41. The number of amides is 2. The smallest absolute Gasteiger partial charge is 0.244 e. The summed E-state index contributed by atoms with van der Waals surface area (Å²) in [7, 11) is -3.87. The maximum absolute atomic E-state index is 14.1. The minimum absolute atomic E-state index is 0.116. The topological polar surface area (TPSA) is 86.8 Å². The molecule has 0 radical (unpaired) electrons. The SMILES string of the molecule is Cc1c(Cl)cccc1N(CC(=O)N(Cc1ccc(Br)cc1)[C@H](Cc1ccccc1)C(=O)NCC(C)C)S(C)(=O)=O. The van der Waals surface area contributed by atoms with E-state index < -0.39 is 28.5 Å². The zero-order chi connectivity index (χ0) is 29.4. The van der Waals surface area contributed by atoms with E-state index in [1.807, 2.05) is 68.4 Å². The highest BCUT2D eigenvalue weighted by Gasteiger charge is 2.33. The first-order chi connectivity index (χ1) is 18.9. The molecule has 2 amide bonds. The Morgan fingerprint density at radius 2 is 1.60 bits per heavy atom. The van der Waals surface area contributed by atoms with Gasteiger partial charge in [0, 0.05) is 29.0 Å². The fraction of sp³-hybridized carbons (Fsp3) is 0.333. The fourth-order valence-corrected chi connectivity index (χ4v) is 5.56. The van der Waals surface area contributed by atoms with Gasteiger partial charge < -0.3 is 10.2 Å². The number of anilines is 1. The molecule has 0 aliphatic rings. The van der Waals surface area contributed by atoms with E-state index >= 15 is 0 Å². The standard InChI is InChI=1S/C30H35BrClN3O4S/c1-21(2)18-33-30(37)28(17-23-9-6-5-7-10-23)34(19-24-13-15-25(31)16-14-24)29(36)20-35(40(4,38)39)27-12-8-11-26(32)22(27)3/h5-16,21,28H,17-20H2,1-4H3,(H,33,37)/t28-/m1/s1. The summed E-state index contributed by atoms with van der Waals surface area (Å²) in [6.07, 6.45) is 1.32. The predicted octanol–water partition coefficient (Wildman–Crippen LogP) is 5.59. The van der Waals surface area contributed by atoms with Gasteiger partial charge in [-0.15, -0.1) is 0 Å². The number of nitrogens with zero attached hydrogens (tertiary/aromatic N) is 2. The quantitative estimate of drug-likeness (QED) is 0.278. The van der Waals surface area contributed by atoms with Gasteiger partial charge in [0.05, 0.1) is 11.9 Å². The van der Waals surface area contributed by atoms with Gasteiger partial charge in [-0.2, -0.15) is 0 Å². The second-order valence-electron chi connectivity index (χ2n) is 10.1. The fourth-order valence-electron chi connectivity index (χ4n) is 4.22. The van der Waals surface area contributed by atoms with Crippen molar-refractivity contribution < 1.29 is 18.0 Å². The van der Waals surface area contributed by atoms with Crippen LogP contribution in [0.4, 0.5) is 5.69 Å². The molecule has 3 rings (SSSR count). The molecule has 0 aliphatic heterocycles. The Morgan fingerprint density at radius 1 is 0.950 bits per heavy atom. The van der Waals surface area contributed by atoms with Crippen LogP contribution >= 0.6 is 27.5 Å². The summed E-state index contributed by atoms with van der Waals surface area (Å²) < 4.78 is 27.8. The van der Waals surface area contributed by atoms with Crippen molar-refractivity contribution in [2.75, 3.05) is 23.7 Å². The van der Waals surface area contributed by atoms with Crippen LogP contribution in [0.3, 0.4) is 0 Å².